The second kappa shape index (κ2) is 4.40. The molecule has 2 heterocycles. The summed E-state index contributed by atoms with van der Waals surface area (Å²) in [4.78, 5) is 0. The van der Waals surface area contributed by atoms with Crippen LogP contribution in [0, 0.1) is 5.92 Å². The van der Waals surface area contributed by atoms with Crippen LogP contribution in [0.25, 0.3) is 0 Å². The van der Waals surface area contributed by atoms with Gasteiger partial charge < -0.3 is 15.7 Å². The Labute approximate surface area is 79.9 Å². The lowest BCUT2D eigenvalue weighted by Gasteiger charge is -2.30. The van der Waals surface area contributed by atoms with E-state index >= 15 is 0 Å². The monoisotopic (exact) mass is 184 g/mol. The minimum atomic E-state index is -0.129. The lowest BCUT2D eigenvalue weighted by Crippen LogP contribution is -2.45. The highest BCUT2D eigenvalue weighted by Crippen LogP contribution is 2.21. The van der Waals surface area contributed by atoms with E-state index in [9.17, 15) is 5.11 Å². The normalized spacial score (nSPS) is 37.6. The van der Waals surface area contributed by atoms with E-state index in [2.05, 4.69) is 10.6 Å². The average Bonchev–Trinajstić information content (AvgIpc) is 2.71. The van der Waals surface area contributed by atoms with Crippen LogP contribution in [0.3, 0.4) is 0 Å². The summed E-state index contributed by atoms with van der Waals surface area (Å²) in [6, 6.07) is 0.366. The van der Waals surface area contributed by atoms with E-state index in [1.165, 1.54) is 19.3 Å². The molecule has 13 heavy (non-hydrogen) atoms. The zero-order valence-corrected chi connectivity index (χ0v) is 8.13. The fourth-order valence-electron chi connectivity index (χ4n) is 2.50. The van der Waals surface area contributed by atoms with E-state index in [1.807, 2.05) is 0 Å². The first-order valence-electron chi connectivity index (χ1n) is 5.50. The van der Waals surface area contributed by atoms with Crippen LogP contribution in [-0.2, 0) is 0 Å². The summed E-state index contributed by atoms with van der Waals surface area (Å²) in [6.45, 7) is 3.21. The zero-order valence-electron chi connectivity index (χ0n) is 8.13. The fourth-order valence-corrected chi connectivity index (χ4v) is 2.50. The summed E-state index contributed by atoms with van der Waals surface area (Å²) in [6.07, 6.45) is 4.65. The van der Waals surface area contributed by atoms with Gasteiger partial charge in [0, 0.05) is 12.6 Å². The van der Waals surface area contributed by atoms with E-state index < -0.39 is 0 Å². The molecule has 3 nitrogen and oxygen atoms in total. The van der Waals surface area contributed by atoms with E-state index in [-0.39, 0.29) is 6.10 Å². The Morgan fingerprint density at radius 1 is 1.15 bits per heavy atom. The summed E-state index contributed by atoms with van der Waals surface area (Å²) in [7, 11) is 0. The lowest BCUT2D eigenvalue weighted by atomic mass is 9.89. The van der Waals surface area contributed by atoms with Gasteiger partial charge in [0.1, 0.15) is 0 Å². The van der Waals surface area contributed by atoms with Gasteiger partial charge in [0.05, 0.1) is 6.10 Å². The third kappa shape index (κ3) is 2.22. The second-order valence-electron chi connectivity index (χ2n) is 4.30. The van der Waals surface area contributed by atoms with Crippen molar-refractivity contribution in [2.75, 3.05) is 19.6 Å². The molecule has 0 bridgehead atoms. The maximum atomic E-state index is 10.1. The number of aliphatic hydroxyl groups excluding tert-OH is 1. The van der Waals surface area contributed by atoms with Crippen molar-refractivity contribution in [3.05, 3.63) is 0 Å². The Kier molecular flexibility index (Phi) is 3.19. The minimum Gasteiger partial charge on any atom is -0.391 e. The van der Waals surface area contributed by atoms with Gasteiger partial charge in [-0.25, -0.2) is 0 Å². The van der Waals surface area contributed by atoms with E-state index in [4.69, 9.17) is 0 Å². The van der Waals surface area contributed by atoms with Crippen molar-refractivity contribution < 1.29 is 5.11 Å². The molecule has 0 saturated carbocycles. The third-order valence-corrected chi connectivity index (χ3v) is 3.33. The highest BCUT2D eigenvalue weighted by Gasteiger charge is 2.30. The van der Waals surface area contributed by atoms with Crippen LogP contribution in [0.15, 0.2) is 0 Å². The van der Waals surface area contributed by atoms with Crippen LogP contribution in [0.2, 0.25) is 0 Å². The molecule has 0 aliphatic carbocycles. The van der Waals surface area contributed by atoms with Crippen LogP contribution in [0.1, 0.15) is 25.7 Å². The molecule has 76 valence electrons. The number of nitrogens with one attached hydrogen (secondary N) is 2. The second-order valence-corrected chi connectivity index (χ2v) is 4.30. The van der Waals surface area contributed by atoms with Crippen molar-refractivity contribution in [1.82, 2.24) is 10.6 Å². The summed E-state index contributed by atoms with van der Waals surface area (Å²) < 4.78 is 0. The van der Waals surface area contributed by atoms with Gasteiger partial charge in [-0.15, -0.1) is 0 Å². The topological polar surface area (TPSA) is 44.3 Å². The molecule has 2 rings (SSSR count). The molecule has 3 unspecified atom stereocenters. The Morgan fingerprint density at radius 2 is 2.00 bits per heavy atom. The zero-order chi connectivity index (χ0) is 9.10. The van der Waals surface area contributed by atoms with E-state index in [0.717, 1.165) is 26.1 Å². The SMILES string of the molecule is OC(C1CCCNC1)C1CCCN1. The summed E-state index contributed by atoms with van der Waals surface area (Å²) in [5, 5.41) is 16.8. The van der Waals surface area contributed by atoms with E-state index in [0.29, 0.717) is 12.0 Å². The van der Waals surface area contributed by atoms with Crippen molar-refractivity contribution in [2.24, 2.45) is 5.92 Å². The maximum absolute atomic E-state index is 10.1. The van der Waals surface area contributed by atoms with Crippen molar-refractivity contribution in [2.45, 2.75) is 37.8 Å². The van der Waals surface area contributed by atoms with Crippen LogP contribution in [0.4, 0.5) is 0 Å². The molecular formula is C10H20N2O. The number of hydrogen-bond donors (Lipinski definition) is 3. The summed E-state index contributed by atoms with van der Waals surface area (Å²) in [5.41, 5.74) is 0. The molecule has 0 aromatic carbocycles. The first kappa shape index (κ1) is 9.44. The average molecular weight is 184 g/mol. The third-order valence-electron chi connectivity index (χ3n) is 3.33. The Morgan fingerprint density at radius 3 is 2.62 bits per heavy atom. The molecule has 2 aliphatic rings. The minimum absolute atomic E-state index is 0.129. The standard InChI is InChI=1S/C10H20N2O/c13-10(9-4-2-6-12-9)8-3-1-5-11-7-8/h8-13H,1-7H2. The Hall–Kier alpha value is -0.120. The van der Waals surface area contributed by atoms with Gasteiger partial charge >= 0.3 is 0 Å². The molecule has 2 saturated heterocycles. The highest BCUT2D eigenvalue weighted by molar-refractivity contribution is 4.87. The summed E-state index contributed by atoms with van der Waals surface area (Å²) >= 11 is 0. The van der Waals surface area contributed by atoms with Gasteiger partial charge in [-0.1, -0.05) is 0 Å². The van der Waals surface area contributed by atoms with Crippen LogP contribution in [-0.4, -0.2) is 36.9 Å². The van der Waals surface area contributed by atoms with Crippen molar-refractivity contribution in [3.8, 4) is 0 Å². The largest absolute Gasteiger partial charge is 0.391 e. The molecular weight excluding hydrogens is 164 g/mol. The van der Waals surface area contributed by atoms with Crippen molar-refractivity contribution >= 4 is 0 Å². The van der Waals surface area contributed by atoms with E-state index in [1.54, 1.807) is 0 Å². The molecule has 3 atom stereocenters. The summed E-state index contributed by atoms with van der Waals surface area (Å²) in [5.74, 6) is 0.476. The van der Waals surface area contributed by atoms with Gasteiger partial charge in [-0.3, -0.25) is 0 Å². The Balaban J connectivity index is 1.83. The molecule has 3 N–H and O–H groups in total. The molecule has 0 radical (unpaired) electrons. The van der Waals surface area contributed by atoms with Gasteiger partial charge in [-0.2, -0.15) is 0 Å². The maximum Gasteiger partial charge on any atom is 0.0733 e. The Bertz CT molecular complexity index is 151. The molecule has 0 aromatic rings. The van der Waals surface area contributed by atoms with Crippen LogP contribution >= 0.6 is 0 Å². The molecule has 0 spiro atoms. The number of aliphatic hydroxyl groups is 1. The van der Waals surface area contributed by atoms with Crippen LogP contribution < -0.4 is 10.6 Å². The predicted molar refractivity (Wildman–Crippen MR) is 52.6 cm³/mol. The number of rotatable bonds is 2. The quantitative estimate of drug-likeness (QED) is 0.570. The van der Waals surface area contributed by atoms with Gasteiger partial charge in [-0.05, 0) is 44.7 Å². The lowest BCUT2D eigenvalue weighted by molar-refractivity contribution is 0.0623. The van der Waals surface area contributed by atoms with Crippen LogP contribution in [0.5, 0.6) is 0 Å². The predicted octanol–water partition coefficient (Wildman–Crippen LogP) is 0.0989. The number of hydrogen-bond acceptors (Lipinski definition) is 3. The smallest absolute Gasteiger partial charge is 0.0733 e. The van der Waals surface area contributed by atoms with Gasteiger partial charge in [0.15, 0.2) is 0 Å². The molecule has 0 amide bonds. The first-order valence-corrected chi connectivity index (χ1v) is 5.50. The molecule has 2 aliphatic heterocycles. The molecule has 3 heteroatoms. The first-order chi connectivity index (χ1) is 6.38. The van der Waals surface area contributed by atoms with Crippen molar-refractivity contribution in [1.29, 1.82) is 0 Å². The molecule has 2 fully saturated rings. The molecule has 0 aromatic heterocycles. The number of piperidine rings is 1. The van der Waals surface area contributed by atoms with Crippen molar-refractivity contribution in [3.63, 3.8) is 0 Å². The highest BCUT2D eigenvalue weighted by atomic mass is 16.3. The van der Waals surface area contributed by atoms with Gasteiger partial charge in [0.2, 0.25) is 0 Å². The van der Waals surface area contributed by atoms with Gasteiger partial charge in [0.25, 0.3) is 0 Å². The fraction of sp³-hybridized carbons (Fsp3) is 1.00.